The molecule has 0 saturated carbocycles. The van der Waals surface area contributed by atoms with Crippen molar-refractivity contribution in [2.45, 2.75) is 13.0 Å². The Labute approximate surface area is 163 Å². The molecule has 7 nitrogen and oxygen atoms in total. The predicted octanol–water partition coefficient (Wildman–Crippen LogP) is 2.59. The first-order valence-electron chi connectivity index (χ1n) is 7.79. The highest BCUT2D eigenvalue weighted by Crippen LogP contribution is 2.14. The minimum Gasteiger partial charge on any atom is -0.461 e. The van der Waals surface area contributed by atoms with Crippen LogP contribution in [-0.2, 0) is 13.0 Å². The third kappa shape index (κ3) is 5.59. The Balaban J connectivity index is 0.00000225. The number of hydrogen-bond acceptors (Lipinski definition) is 4. The van der Waals surface area contributed by atoms with E-state index in [1.54, 1.807) is 13.3 Å². The third-order valence-electron chi connectivity index (χ3n) is 3.47. The fraction of sp³-hybridized carbons (Fsp3) is 0.235. The van der Waals surface area contributed by atoms with Gasteiger partial charge in [-0.25, -0.2) is 4.98 Å². The summed E-state index contributed by atoms with van der Waals surface area (Å²) in [5.74, 6) is 2.63. The van der Waals surface area contributed by atoms with Crippen LogP contribution in [0.15, 0.2) is 58.1 Å². The number of guanidine groups is 1. The van der Waals surface area contributed by atoms with Crippen LogP contribution in [-0.4, -0.2) is 34.7 Å². The highest BCUT2D eigenvalue weighted by atomic mass is 127. The molecular weight excluding hydrogens is 431 g/mol. The standard InChI is InChI=1S/C17H20N6O.HI/c1-18-17(19-10-9-13-6-3-2-4-7-13)20-12-15-21-16(23-22-15)14-8-5-11-24-14;/h2-8,11H,9-10,12H2,1H3,(H2,18,19,20)(H,21,22,23);1H. The Bertz CT molecular complexity index is 770. The highest BCUT2D eigenvalue weighted by Gasteiger charge is 2.08. The molecule has 1 aromatic carbocycles. The summed E-state index contributed by atoms with van der Waals surface area (Å²) in [4.78, 5) is 8.59. The van der Waals surface area contributed by atoms with Crippen LogP contribution in [0.2, 0.25) is 0 Å². The van der Waals surface area contributed by atoms with Gasteiger partial charge in [0, 0.05) is 13.6 Å². The van der Waals surface area contributed by atoms with Gasteiger partial charge < -0.3 is 15.1 Å². The van der Waals surface area contributed by atoms with Gasteiger partial charge in [-0.05, 0) is 24.1 Å². The maximum Gasteiger partial charge on any atom is 0.216 e. The van der Waals surface area contributed by atoms with Crippen molar-refractivity contribution in [1.29, 1.82) is 0 Å². The summed E-state index contributed by atoms with van der Waals surface area (Å²) in [7, 11) is 1.74. The van der Waals surface area contributed by atoms with Gasteiger partial charge in [0.05, 0.1) is 12.8 Å². The van der Waals surface area contributed by atoms with Gasteiger partial charge in [-0.1, -0.05) is 30.3 Å². The van der Waals surface area contributed by atoms with Crippen LogP contribution in [0.5, 0.6) is 0 Å². The zero-order valence-electron chi connectivity index (χ0n) is 13.9. The number of aromatic amines is 1. The Hall–Kier alpha value is -2.36. The molecule has 2 aromatic heterocycles. The van der Waals surface area contributed by atoms with Gasteiger partial charge in [0.1, 0.15) is 5.82 Å². The number of benzene rings is 1. The van der Waals surface area contributed by atoms with Crippen molar-refractivity contribution < 1.29 is 4.42 Å². The summed E-state index contributed by atoms with van der Waals surface area (Å²) >= 11 is 0. The SMILES string of the molecule is CN=C(NCCc1ccccc1)NCc1nc(-c2ccco2)n[nH]1.I. The molecule has 2 heterocycles. The Kier molecular flexibility index (Phi) is 7.45. The zero-order chi connectivity index (χ0) is 16.6. The minimum absolute atomic E-state index is 0. The fourth-order valence-electron chi connectivity index (χ4n) is 2.25. The largest absolute Gasteiger partial charge is 0.461 e. The molecule has 0 unspecified atom stereocenters. The number of H-pyrrole nitrogens is 1. The van der Waals surface area contributed by atoms with Crippen molar-refractivity contribution in [2.24, 2.45) is 4.99 Å². The van der Waals surface area contributed by atoms with E-state index in [-0.39, 0.29) is 24.0 Å². The van der Waals surface area contributed by atoms with E-state index in [4.69, 9.17) is 4.42 Å². The number of rotatable bonds is 6. The molecule has 0 amide bonds. The number of hydrogen-bond donors (Lipinski definition) is 3. The molecule has 0 fully saturated rings. The van der Waals surface area contributed by atoms with Crippen LogP contribution in [0, 0.1) is 0 Å². The summed E-state index contributed by atoms with van der Waals surface area (Å²) in [5, 5.41) is 13.5. The van der Waals surface area contributed by atoms with Gasteiger partial charge in [0.15, 0.2) is 11.7 Å². The Morgan fingerprint density at radius 1 is 1.16 bits per heavy atom. The molecular formula is C17H21IN6O. The second-order valence-corrected chi connectivity index (χ2v) is 5.17. The first kappa shape index (κ1) is 19.0. The van der Waals surface area contributed by atoms with Crippen molar-refractivity contribution in [3.05, 3.63) is 60.1 Å². The summed E-state index contributed by atoms with van der Waals surface area (Å²) in [6.07, 6.45) is 2.54. The van der Waals surface area contributed by atoms with Crippen LogP contribution < -0.4 is 10.6 Å². The molecule has 0 aliphatic rings. The van der Waals surface area contributed by atoms with Crippen LogP contribution in [0.3, 0.4) is 0 Å². The molecule has 0 aliphatic carbocycles. The smallest absolute Gasteiger partial charge is 0.216 e. The second kappa shape index (κ2) is 9.82. The Morgan fingerprint density at radius 3 is 2.72 bits per heavy atom. The molecule has 0 bridgehead atoms. The van der Waals surface area contributed by atoms with Crippen molar-refractivity contribution in [3.63, 3.8) is 0 Å². The van der Waals surface area contributed by atoms with Gasteiger partial charge in [-0.3, -0.25) is 10.1 Å². The lowest BCUT2D eigenvalue weighted by atomic mass is 10.1. The molecule has 132 valence electrons. The van der Waals surface area contributed by atoms with Crippen molar-refractivity contribution in [2.75, 3.05) is 13.6 Å². The van der Waals surface area contributed by atoms with E-state index in [9.17, 15) is 0 Å². The summed E-state index contributed by atoms with van der Waals surface area (Å²) < 4.78 is 5.27. The summed E-state index contributed by atoms with van der Waals surface area (Å²) in [6, 6.07) is 14.0. The highest BCUT2D eigenvalue weighted by molar-refractivity contribution is 14.0. The van der Waals surface area contributed by atoms with Crippen molar-refractivity contribution in [1.82, 2.24) is 25.8 Å². The van der Waals surface area contributed by atoms with E-state index >= 15 is 0 Å². The average Bonchev–Trinajstić information content (AvgIpc) is 3.30. The summed E-state index contributed by atoms with van der Waals surface area (Å²) in [6.45, 7) is 1.30. The zero-order valence-corrected chi connectivity index (χ0v) is 16.2. The molecule has 8 heteroatoms. The molecule has 25 heavy (non-hydrogen) atoms. The van der Waals surface area contributed by atoms with Crippen LogP contribution in [0.25, 0.3) is 11.6 Å². The van der Waals surface area contributed by atoms with Gasteiger partial charge in [0.25, 0.3) is 0 Å². The molecule has 0 spiro atoms. The number of furan rings is 1. The first-order chi connectivity index (χ1) is 11.8. The maximum atomic E-state index is 5.27. The topological polar surface area (TPSA) is 91.1 Å². The van der Waals surface area contributed by atoms with E-state index in [0.717, 1.165) is 18.9 Å². The predicted molar refractivity (Wildman–Crippen MR) is 108 cm³/mol. The van der Waals surface area contributed by atoms with E-state index in [1.165, 1.54) is 5.56 Å². The van der Waals surface area contributed by atoms with E-state index in [1.807, 2.05) is 30.3 Å². The lowest BCUT2D eigenvalue weighted by Gasteiger charge is -2.10. The van der Waals surface area contributed by atoms with Crippen LogP contribution >= 0.6 is 24.0 Å². The maximum absolute atomic E-state index is 5.27. The second-order valence-electron chi connectivity index (χ2n) is 5.17. The molecule has 0 atom stereocenters. The minimum atomic E-state index is 0. The van der Waals surface area contributed by atoms with Gasteiger partial charge >= 0.3 is 0 Å². The fourth-order valence-corrected chi connectivity index (χ4v) is 2.25. The molecule has 3 aromatic rings. The van der Waals surface area contributed by atoms with Gasteiger partial charge in [-0.15, -0.1) is 29.1 Å². The Morgan fingerprint density at radius 2 is 2.00 bits per heavy atom. The first-order valence-corrected chi connectivity index (χ1v) is 7.79. The van der Waals surface area contributed by atoms with E-state index < -0.39 is 0 Å². The van der Waals surface area contributed by atoms with E-state index in [2.05, 4.69) is 42.9 Å². The number of halogens is 1. The lowest BCUT2D eigenvalue weighted by Crippen LogP contribution is -2.38. The number of aromatic nitrogens is 3. The number of nitrogens with zero attached hydrogens (tertiary/aromatic N) is 3. The number of aliphatic imine (C=N–C) groups is 1. The number of nitrogens with one attached hydrogen (secondary N) is 3. The molecule has 0 saturated heterocycles. The van der Waals surface area contributed by atoms with Crippen molar-refractivity contribution >= 4 is 29.9 Å². The van der Waals surface area contributed by atoms with Crippen LogP contribution in [0.4, 0.5) is 0 Å². The van der Waals surface area contributed by atoms with E-state index in [0.29, 0.717) is 24.0 Å². The monoisotopic (exact) mass is 452 g/mol. The molecule has 3 N–H and O–H groups in total. The van der Waals surface area contributed by atoms with Crippen molar-refractivity contribution in [3.8, 4) is 11.6 Å². The lowest BCUT2D eigenvalue weighted by molar-refractivity contribution is 0.577. The average molecular weight is 452 g/mol. The van der Waals surface area contributed by atoms with Gasteiger partial charge in [0.2, 0.25) is 5.82 Å². The molecule has 0 aliphatic heterocycles. The van der Waals surface area contributed by atoms with Crippen LogP contribution in [0.1, 0.15) is 11.4 Å². The quantitative estimate of drug-likeness (QED) is 0.304. The summed E-state index contributed by atoms with van der Waals surface area (Å²) in [5.41, 5.74) is 1.29. The third-order valence-corrected chi connectivity index (χ3v) is 3.47. The normalized spacial score (nSPS) is 11.0. The molecule has 3 rings (SSSR count). The molecule has 0 radical (unpaired) electrons. The van der Waals surface area contributed by atoms with Gasteiger partial charge in [-0.2, -0.15) is 0 Å².